The molecule has 2 aromatic carbocycles. The zero-order chi connectivity index (χ0) is 11.5. The fraction of sp³-hybridized carbons (Fsp3) is 0.0714. The average Bonchev–Trinajstić information content (AvgIpc) is 2.28. The minimum Gasteiger partial charge on any atom is -0.298 e. The van der Waals surface area contributed by atoms with Crippen LogP contribution in [0.2, 0.25) is 5.02 Å². The van der Waals surface area contributed by atoms with Crippen LogP contribution >= 0.6 is 11.6 Å². The molecule has 0 radical (unpaired) electrons. The maximum atomic E-state index is 10.8. The van der Waals surface area contributed by atoms with Crippen LogP contribution in [0.3, 0.4) is 0 Å². The Hall–Kier alpha value is -1.60. The highest BCUT2D eigenvalue weighted by Gasteiger charge is 2.01. The molecule has 0 amide bonds. The normalized spacial score (nSPS) is 10.1. The molecule has 16 heavy (non-hydrogen) atoms. The van der Waals surface area contributed by atoms with Crippen LogP contribution in [0.4, 0.5) is 0 Å². The van der Waals surface area contributed by atoms with Crippen molar-refractivity contribution in [2.24, 2.45) is 0 Å². The van der Waals surface area contributed by atoms with Gasteiger partial charge in [-0.2, -0.15) is 0 Å². The quantitative estimate of drug-likeness (QED) is 0.709. The molecule has 0 saturated carbocycles. The van der Waals surface area contributed by atoms with E-state index in [0.717, 1.165) is 23.0 Å². The Morgan fingerprint density at radius 1 is 1.06 bits per heavy atom. The average molecular weight is 231 g/mol. The predicted molar refractivity (Wildman–Crippen MR) is 67.0 cm³/mol. The molecule has 0 N–H and O–H groups in total. The lowest BCUT2D eigenvalue weighted by atomic mass is 10.0. The number of carbonyl (C=O) groups excluding carboxylic acids is 1. The van der Waals surface area contributed by atoms with Crippen LogP contribution in [0.1, 0.15) is 15.9 Å². The first-order valence-electron chi connectivity index (χ1n) is 5.02. The van der Waals surface area contributed by atoms with Crippen LogP contribution in [-0.2, 0) is 0 Å². The first-order chi connectivity index (χ1) is 7.69. The molecule has 0 bridgehead atoms. The Morgan fingerprint density at radius 3 is 2.56 bits per heavy atom. The van der Waals surface area contributed by atoms with Crippen molar-refractivity contribution in [3.05, 3.63) is 58.6 Å². The van der Waals surface area contributed by atoms with Crippen LogP contribution in [0, 0.1) is 6.92 Å². The lowest BCUT2D eigenvalue weighted by molar-refractivity contribution is 0.112. The second-order valence-corrected chi connectivity index (χ2v) is 4.20. The van der Waals surface area contributed by atoms with Gasteiger partial charge in [-0.25, -0.2) is 0 Å². The Labute approximate surface area is 99.7 Å². The van der Waals surface area contributed by atoms with E-state index in [1.54, 1.807) is 0 Å². The molecule has 0 atom stereocenters. The van der Waals surface area contributed by atoms with Crippen molar-refractivity contribution < 1.29 is 4.79 Å². The van der Waals surface area contributed by atoms with E-state index in [1.165, 1.54) is 0 Å². The molecule has 0 unspecified atom stereocenters. The van der Waals surface area contributed by atoms with E-state index in [0.29, 0.717) is 10.6 Å². The van der Waals surface area contributed by atoms with Crippen molar-refractivity contribution in [1.29, 1.82) is 0 Å². The van der Waals surface area contributed by atoms with Gasteiger partial charge in [0.2, 0.25) is 0 Å². The van der Waals surface area contributed by atoms with Gasteiger partial charge in [-0.1, -0.05) is 29.8 Å². The summed E-state index contributed by atoms with van der Waals surface area (Å²) >= 11 is 5.94. The number of halogens is 1. The maximum absolute atomic E-state index is 10.8. The van der Waals surface area contributed by atoms with Crippen LogP contribution in [0.5, 0.6) is 0 Å². The highest BCUT2D eigenvalue weighted by atomic mass is 35.5. The summed E-state index contributed by atoms with van der Waals surface area (Å²) in [5.41, 5.74) is 3.80. The minimum atomic E-state index is 0.690. The number of aryl methyl sites for hydroxylation is 1. The monoisotopic (exact) mass is 230 g/mol. The lowest BCUT2D eigenvalue weighted by Gasteiger charge is -2.05. The Balaban J connectivity index is 2.55. The van der Waals surface area contributed by atoms with Crippen LogP contribution in [0.25, 0.3) is 11.1 Å². The molecular weight excluding hydrogens is 220 g/mol. The van der Waals surface area contributed by atoms with Gasteiger partial charge >= 0.3 is 0 Å². The van der Waals surface area contributed by atoms with Crippen LogP contribution in [-0.4, -0.2) is 6.29 Å². The first-order valence-corrected chi connectivity index (χ1v) is 5.39. The number of aldehydes is 1. The molecule has 0 aliphatic carbocycles. The van der Waals surface area contributed by atoms with Gasteiger partial charge in [-0.3, -0.25) is 4.79 Å². The van der Waals surface area contributed by atoms with Crippen molar-refractivity contribution in [3.63, 3.8) is 0 Å². The maximum Gasteiger partial charge on any atom is 0.150 e. The minimum absolute atomic E-state index is 0.690. The number of hydrogen-bond donors (Lipinski definition) is 0. The highest BCUT2D eigenvalue weighted by molar-refractivity contribution is 6.30. The summed E-state index contributed by atoms with van der Waals surface area (Å²) in [5.74, 6) is 0. The summed E-state index contributed by atoms with van der Waals surface area (Å²) in [7, 11) is 0. The number of carbonyl (C=O) groups is 1. The summed E-state index contributed by atoms with van der Waals surface area (Å²) < 4.78 is 0. The third-order valence-corrected chi connectivity index (χ3v) is 2.63. The Bertz CT molecular complexity index is 532. The van der Waals surface area contributed by atoms with E-state index in [-0.39, 0.29) is 0 Å². The summed E-state index contributed by atoms with van der Waals surface area (Å²) in [5, 5.41) is 0.701. The number of rotatable bonds is 2. The SMILES string of the molecule is Cc1cc(C=O)cc(-c2cccc(Cl)c2)c1. The van der Waals surface area contributed by atoms with Crippen molar-refractivity contribution >= 4 is 17.9 Å². The van der Waals surface area contributed by atoms with E-state index < -0.39 is 0 Å². The molecule has 0 fully saturated rings. The van der Waals surface area contributed by atoms with Crippen molar-refractivity contribution in [2.75, 3.05) is 0 Å². The summed E-state index contributed by atoms with van der Waals surface area (Å²) in [6.45, 7) is 1.97. The van der Waals surface area contributed by atoms with Gasteiger partial charge in [0.25, 0.3) is 0 Å². The lowest BCUT2D eigenvalue weighted by Crippen LogP contribution is -1.85. The van der Waals surface area contributed by atoms with Gasteiger partial charge in [-0.05, 0) is 47.9 Å². The molecule has 2 heteroatoms. The van der Waals surface area contributed by atoms with Crippen LogP contribution < -0.4 is 0 Å². The standard InChI is InChI=1S/C14H11ClO/c1-10-5-11(9-16)7-13(6-10)12-3-2-4-14(15)8-12/h2-9H,1H3. The third kappa shape index (κ3) is 2.31. The predicted octanol–water partition coefficient (Wildman–Crippen LogP) is 4.13. The van der Waals surface area contributed by atoms with Gasteiger partial charge in [0.15, 0.2) is 0 Å². The molecule has 80 valence electrons. The molecule has 0 heterocycles. The topological polar surface area (TPSA) is 17.1 Å². The molecular formula is C14H11ClO. The largest absolute Gasteiger partial charge is 0.298 e. The Morgan fingerprint density at radius 2 is 1.88 bits per heavy atom. The molecule has 0 saturated heterocycles. The fourth-order valence-electron chi connectivity index (χ4n) is 1.72. The van der Waals surface area contributed by atoms with Gasteiger partial charge in [0.05, 0.1) is 0 Å². The van der Waals surface area contributed by atoms with Gasteiger partial charge in [0.1, 0.15) is 6.29 Å². The number of benzene rings is 2. The van der Waals surface area contributed by atoms with E-state index in [2.05, 4.69) is 0 Å². The molecule has 0 spiro atoms. The second-order valence-electron chi connectivity index (χ2n) is 3.76. The zero-order valence-corrected chi connectivity index (χ0v) is 9.66. The van der Waals surface area contributed by atoms with Crippen molar-refractivity contribution in [2.45, 2.75) is 6.92 Å². The second kappa shape index (κ2) is 4.50. The molecule has 2 aromatic rings. The molecule has 0 aromatic heterocycles. The van der Waals surface area contributed by atoms with Gasteiger partial charge in [-0.15, -0.1) is 0 Å². The van der Waals surface area contributed by atoms with E-state index in [1.807, 2.05) is 49.4 Å². The van der Waals surface area contributed by atoms with Crippen molar-refractivity contribution in [3.8, 4) is 11.1 Å². The summed E-state index contributed by atoms with van der Waals surface area (Å²) in [4.78, 5) is 10.8. The zero-order valence-electron chi connectivity index (χ0n) is 8.91. The van der Waals surface area contributed by atoms with E-state index >= 15 is 0 Å². The molecule has 0 aliphatic rings. The fourth-order valence-corrected chi connectivity index (χ4v) is 1.91. The molecule has 2 rings (SSSR count). The molecule has 0 aliphatic heterocycles. The summed E-state index contributed by atoms with van der Waals surface area (Å²) in [6.07, 6.45) is 0.862. The molecule has 1 nitrogen and oxygen atoms in total. The van der Waals surface area contributed by atoms with E-state index in [9.17, 15) is 4.79 Å². The van der Waals surface area contributed by atoms with Gasteiger partial charge < -0.3 is 0 Å². The first kappa shape index (κ1) is 10.9. The highest BCUT2D eigenvalue weighted by Crippen LogP contribution is 2.24. The third-order valence-electron chi connectivity index (χ3n) is 2.39. The van der Waals surface area contributed by atoms with Gasteiger partial charge in [0, 0.05) is 10.6 Å². The van der Waals surface area contributed by atoms with E-state index in [4.69, 9.17) is 11.6 Å². The number of hydrogen-bond acceptors (Lipinski definition) is 1. The smallest absolute Gasteiger partial charge is 0.150 e. The van der Waals surface area contributed by atoms with Crippen LogP contribution in [0.15, 0.2) is 42.5 Å². The Kier molecular flexibility index (Phi) is 3.07. The van der Waals surface area contributed by atoms with Crippen molar-refractivity contribution in [1.82, 2.24) is 0 Å². The summed E-state index contributed by atoms with van der Waals surface area (Å²) in [6, 6.07) is 13.4.